The van der Waals surface area contributed by atoms with Gasteiger partial charge in [-0.15, -0.1) is 0 Å². The number of hydrogen-bond acceptors (Lipinski definition) is 5. The van der Waals surface area contributed by atoms with Crippen molar-refractivity contribution in [3.8, 4) is 0 Å². The SMILES string of the molecule is CC(=NOC(=O)c1ccc(Cl)cc1Cl)c1cc2ccccc2oc1=O. The van der Waals surface area contributed by atoms with Crippen molar-refractivity contribution in [2.45, 2.75) is 6.92 Å². The molecule has 0 spiro atoms. The van der Waals surface area contributed by atoms with Crippen LogP contribution in [0.2, 0.25) is 10.0 Å². The van der Waals surface area contributed by atoms with Crippen molar-refractivity contribution < 1.29 is 14.0 Å². The van der Waals surface area contributed by atoms with Gasteiger partial charge in [-0.05, 0) is 37.3 Å². The first kappa shape index (κ1) is 17.2. The second-order valence-electron chi connectivity index (χ2n) is 5.16. The van der Waals surface area contributed by atoms with Crippen molar-refractivity contribution in [1.29, 1.82) is 0 Å². The fourth-order valence-corrected chi connectivity index (χ4v) is 2.66. The highest BCUT2D eigenvalue weighted by Gasteiger charge is 2.14. The summed E-state index contributed by atoms with van der Waals surface area (Å²) in [7, 11) is 0. The van der Waals surface area contributed by atoms with E-state index in [1.165, 1.54) is 25.1 Å². The number of hydrogen-bond donors (Lipinski definition) is 0. The molecule has 3 rings (SSSR count). The normalized spacial score (nSPS) is 11.6. The van der Waals surface area contributed by atoms with Crippen molar-refractivity contribution in [2.75, 3.05) is 0 Å². The summed E-state index contributed by atoms with van der Waals surface area (Å²) in [5.74, 6) is -0.758. The lowest BCUT2D eigenvalue weighted by atomic mass is 10.1. The Kier molecular flexibility index (Phi) is 4.88. The van der Waals surface area contributed by atoms with Gasteiger partial charge in [-0.1, -0.05) is 46.6 Å². The predicted molar refractivity (Wildman–Crippen MR) is 96.6 cm³/mol. The van der Waals surface area contributed by atoms with Crippen LogP contribution in [0.3, 0.4) is 0 Å². The molecular weight excluding hydrogens is 365 g/mol. The number of carbonyl (C=O) groups is 1. The Labute approximate surface area is 152 Å². The number of carbonyl (C=O) groups excluding carboxylic acids is 1. The number of para-hydroxylation sites is 1. The molecular formula is C18H11Cl2NO4. The number of rotatable bonds is 3. The Hall–Kier alpha value is -2.63. The molecule has 0 amide bonds. The third-order valence-electron chi connectivity index (χ3n) is 3.45. The van der Waals surface area contributed by atoms with Crippen molar-refractivity contribution in [1.82, 2.24) is 0 Å². The molecule has 0 saturated heterocycles. The topological polar surface area (TPSA) is 68.9 Å². The van der Waals surface area contributed by atoms with Crippen LogP contribution in [-0.4, -0.2) is 11.7 Å². The molecule has 5 nitrogen and oxygen atoms in total. The van der Waals surface area contributed by atoms with Crippen LogP contribution in [-0.2, 0) is 4.84 Å². The lowest BCUT2D eigenvalue weighted by Crippen LogP contribution is -2.13. The van der Waals surface area contributed by atoms with Crippen LogP contribution in [0.25, 0.3) is 11.0 Å². The Morgan fingerprint density at radius 1 is 1.08 bits per heavy atom. The Morgan fingerprint density at radius 2 is 1.84 bits per heavy atom. The summed E-state index contributed by atoms with van der Waals surface area (Å²) >= 11 is 11.7. The highest BCUT2D eigenvalue weighted by Crippen LogP contribution is 2.21. The number of nitrogens with zero attached hydrogens (tertiary/aromatic N) is 1. The van der Waals surface area contributed by atoms with Gasteiger partial charge < -0.3 is 9.25 Å². The fraction of sp³-hybridized carbons (Fsp3) is 0.0556. The van der Waals surface area contributed by atoms with E-state index in [9.17, 15) is 9.59 Å². The number of oxime groups is 1. The molecule has 2 aromatic carbocycles. The lowest BCUT2D eigenvalue weighted by Gasteiger charge is -2.03. The minimum Gasteiger partial charge on any atom is -0.422 e. The first-order valence-electron chi connectivity index (χ1n) is 7.20. The summed E-state index contributed by atoms with van der Waals surface area (Å²) in [6.07, 6.45) is 0. The maximum atomic E-state index is 12.1. The van der Waals surface area contributed by atoms with E-state index in [0.717, 1.165) is 5.39 Å². The predicted octanol–water partition coefficient (Wildman–Crippen LogP) is 4.68. The smallest absolute Gasteiger partial charge is 0.367 e. The van der Waals surface area contributed by atoms with Crippen molar-refractivity contribution in [2.24, 2.45) is 5.16 Å². The highest BCUT2D eigenvalue weighted by molar-refractivity contribution is 6.36. The minimum absolute atomic E-state index is 0.119. The molecule has 1 heterocycles. The van der Waals surface area contributed by atoms with Crippen molar-refractivity contribution >= 4 is 45.9 Å². The molecule has 0 unspecified atom stereocenters. The van der Waals surface area contributed by atoms with Gasteiger partial charge in [-0.3, -0.25) is 0 Å². The number of benzene rings is 2. The zero-order chi connectivity index (χ0) is 18.0. The summed E-state index contributed by atoms with van der Waals surface area (Å²) < 4.78 is 5.23. The molecule has 0 radical (unpaired) electrons. The minimum atomic E-state index is -0.758. The molecule has 0 N–H and O–H groups in total. The summed E-state index contributed by atoms with van der Waals surface area (Å²) in [4.78, 5) is 29.0. The van der Waals surface area contributed by atoms with Crippen LogP contribution in [0.1, 0.15) is 22.8 Å². The second kappa shape index (κ2) is 7.09. The van der Waals surface area contributed by atoms with E-state index in [1.54, 1.807) is 24.3 Å². The van der Waals surface area contributed by atoms with E-state index >= 15 is 0 Å². The summed E-state index contributed by atoms with van der Waals surface area (Å²) in [5.41, 5.74) is 0.425. The summed E-state index contributed by atoms with van der Waals surface area (Å²) in [5, 5.41) is 5.00. The largest absolute Gasteiger partial charge is 0.422 e. The molecule has 0 aliphatic carbocycles. The van der Waals surface area contributed by atoms with E-state index in [-0.39, 0.29) is 21.9 Å². The van der Waals surface area contributed by atoms with Gasteiger partial charge in [0.05, 0.1) is 21.9 Å². The molecule has 126 valence electrons. The molecule has 0 aliphatic heterocycles. The van der Waals surface area contributed by atoms with Gasteiger partial charge in [0.15, 0.2) is 0 Å². The van der Waals surface area contributed by atoms with Gasteiger partial charge in [0.1, 0.15) is 5.58 Å². The van der Waals surface area contributed by atoms with Crippen molar-refractivity contribution in [3.63, 3.8) is 0 Å². The van der Waals surface area contributed by atoms with Crippen LogP contribution in [0.4, 0.5) is 0 Å². The van der Waals surface area contributed by atoms with Gasteiger partial charge in [0.25, 0.3) is 0 Å². The van der Waals surface area contributed by atoms with Gasteiger partial charge in [0, 0.05) is 10.4 Å². The van der Waals surface area contributed by atoms with Crippen LogP contribution in [0, 0.1) is 0 Å². The zero-order valence-corrected chi connectivity index (χ0v) is 14.5. The number of halogens is 2. The molecule has 0 fully saturated rings. The standard InChI is InChI=1S/C18H11Cl2NO4/c1-10(14-8-11-4-2-3-5-16(11)24-17(14)22)21-25-18(23)13-7-6-12(19)9-15(13)20/h2-9H,1H3. The third kappa shape index (κ3) is 3.73. The Bertz CT molecular complexity index is 1060. The van der Waals surface area contributed by atoms with Gasteiger partial charge >= 0.3 is 11.6 Å². The highest BCUT2D eigenvalue weighted by atomic mass is 35.5. The van der Waals surface area contributed by atoms with Gasteiger partial charge in [-0.25, -0.2) is 9.59 Å². The van der Waals surface area contributed by atoms with Gasteiger partial charge in [0.2, 0.25) is 0 Å². The van der Waals surface area contributed by atoms with Crippen molar-refractivity contribution in [3.05, 3.63) is 80.1 Å². The fourth-order valence-electron chi connectivity index (χ4n) is 2.18. The molecule has 7 heteroatoms. The summed E-state index contributed by atoms with van der Waals surface area (Å²) in [6.45, 7) is 1.54. The summed E-state index contributed by atoms with van der Waals surface area (Å²) in [6, 6.07) is 13.1. The van der Waals surface area contributed by atoms with Crippen LogP contribution >= 0.6 is 23.2 Å². The van der Waals surface area contributed by atoms with Crippen LogP contribution in [0.15, 0.2) is 62.9 Å². The monoisotopic (exact) mass is 375 g/mol. The molecule has 25 heavy (non-hydrogen) atoms. The van der Waals surface area contributed by atoms with Crippen LogP contribution < -0.4 is 5.63 Å². The van der Waals surface area contributed by atoms with E-state index in [4.69, 9.17) is 32.5 Å². The maximum absolute atomic E-state index is 12.1. The lowest BCUT2D eigenvalue weighted by molar-refractivity contribution is 0.0516. The Morgan fingerprint density at radius 3 is 2.60 bits per heavy atom. The molecule has 0 saturated carbocycles. The average Bonchev–Trinajstić information content (AvgIpc) is 2.58. The Balaban J connectivity index is 1.88. The van der Waals surface area contributed by atoms with E-state index in [2.05, 4.69) is 5.16 Å². The average molecular weight is 376 g/mol. The molecule has 0 bridgehead atoms. The maximum Gasteiger partial charge on any atom is 0.367 e. The number of fused-ring (bicyclic) bond motifs is 1. The van der Waals surface area contributed by atoms with E-state index < -0.39 is 11.6 Å². The zero-order valence-electron chi connectivity index (χ0n) is 13.0. The van der Waals surface area contributed by atoms with E-state index in [0.29, 0.717) is 10.6 Å². The second-order valence-corrected chi connectivity index (χ2v) is 6.01. The quantitative estimate of drug-likeness (QED) is 0.288. The molecule has 0 atom stereocenters. The third-order valence-corrected chi connectivity index (χ3v) is 4.00. The van der Waals surface area contributed by atoms with Crippen LogP contribution in [0.5, 0.6) is 0 Å². The van der Waals surface area contributed by atoms with E-state index in [1.807, 2.05) is 6.07 Å². The first-order chi connectivity index (χ1) is 12.0. The van der Waals surface area contributed by atoms with Gasteiger partial charge in [-0.2, -0.15) is 0 Å². The molecule has 0 aliphatic rings. The molecule has 3 aromatic rings. The molecule has 1 aromatic heterocycles. The first-order valence-corrected chi connectivity index (χ1v) is 7.95.